The topological polar surface area (TPSA) is 38.7 Å². The fourth-order valence-electron chi connectivity index (χ4n) is 2.23. The summed E-state index contributed by atoms with van der Waals surface area (Å²) in [7, 11) is 0. The Labute approximate surface area is 141 Å². The lowest BCUT2D eigenvalue weighted by molar-refractivity contribution is -0.129. The number of cyclic esters (lactones) is 1. The van der Waals surface area contributed by atoms with E-state index in [-0.39, 0.29) is 0 Å². The van der Waals surface area contributed by atoms with Crippen molar-refractivity contribution in [3.8, 4) is 9.75 Å². The minimum Gasteiger partial charge on any atom is -0.402 e. The Morgan fingerprint density at radius 1 is 0.957 bits per heavy atom. The SMILES string of the molecule is O=C1OC(c2ccccc2)=N/C1=C/c1ccc(-c2cccs2)s1. The normalized spacial score (nSPS) is 15.7. The molecule has 1 aliphatic heterocycles. The smallest absolute Gasteiger partial charge is 0.363 e. The van der Waals surface area contributed by atoms with Crippen LogP contribution in [-0.2, 0) is 9.53 Å². The van der Waals surface area contributed by atoms with E-state index >= 15 is 0 Å². The highest BCUT2D eigenvalue weighted by Gasteiger charge is 2.24. The first-order valence-electron chi connectivity index (χ1n) is 7.01. The molecule has 0 saturated heterocycles. The molecule has 2 aromatic heterocycles. The molecule has 0 saturated carbocycles. The van der Waals surface area contributed by atoms with Gasteiger partial charge in [-0.05, 0) is 41.8 Å². The van der Waals surface area contributed by atoms with Crippen LogP contribution in [0, 0.1) is 0 Å². The zero-order valence-electron chi connectivity index (χ0n) is 11.9. The summed E-state index contributed by atoms with van der Waals surface area (Å²) in [5, 5.41) is 2.05. The van der Waals surface area contributed by atoms with Crippen LogP contribution in [0.15, 0.2) is 70.7 Å². The number of hydrogen-bond donors (Lipinski definition) is 0. The van der Waals surface area contributed by atoms with Gasteiger partial charge in [0.1, 0.15) is 0 Å². The summed E-state index contributed by atoms with van der Waals surface area (Å²) >= 11 is 3.33. The molecule has 4 rings (SSSR count). The van der Waals surface area contributed by atoms with Crippen LogP contribution in [0.2, 0.25) is 0 Å². The lowest BCUT2D eigenvalue weighted by Crippen LogP contribution is -2.04. The van der Waals surface area contributed by atoms with Crippen molar-refractivity contribution in [2.24, 2.45) is 4.99 Å². The monoisotopic (exact) mass is 337 g/mol. The third-order valence-electron chi connectivity index (χ3n) is 3.31. The van der Waals surface area contributed by atoms with Crippen molar-refractivity contribution < 1.29 is 9.53 Å². The fraction of sp³-hybridized carbons (Fsp3) is 0. The van der Waals surface area contributed by atoms with Gasteiger partial charge in [0.05, 0.1) is 0 Å². The molecule has 0 spiro atoms. The van der Waals surface area contributed by atoms with Crippen molar-refractivity contribution in [3.05, 3.63) is 76.1 Å². The lowest BCUT2D eigenvalue weighted by Gasteiger charge is -1.97. The molecular weight excluding hydrogens is 326 g/mol. The molecular formula is C18H11NO2S2. The van der Waals surface area contributed by atoms with Gasteiger partial charge in [0.2, 0.25) is 5.90 Å². The summed E-state index contributed by atoms with van der Waals surface area (Å²) in [6.07, 6.45) is 1.78. The van der Waals surface area contributed by atoms with Gasteiger partial charge in [-0.1, -0.05) is 24.3 Å². The average molecular weight is 337 g/mol. The van der Waals surface area contributed by atoms with Gasteiger partial charge < -0.3 is 4.74 Å². The Balaban J connectivity index is 1.64. The Hall–Kier alpha value is -2.50. The maximum absolute atomic E-state index is 12.0. The maximum Gasteiger partial charge on any atom is 0.363 e. The first-order chi connectivity index (χ1) is 11.3. The molecule has 0 radical (unpaired) electrons. The number of aliphatic imine (C=N–C) groups is 1. The molecule has 3 aromatic rings. The van der Waals surface area contributed by atoms with Gasteiger partial charge in [0.25, 0.3) is 0 Å². The molecule has 3 heterocycles. The summed E-state index contributed by atoms with van der Waals surface area (Å²) in [4.78, 5) is 19.7. The molecule has 0 unspecified atom stereocenters. The molecule has 0 aliphatic carbocycles. The molecule has 1 aliphatic rings. The third-order valence-corrected chi connectivity index (χ3v) is 5.41. The van der Waals surface area contributed by atoms with Crippen molar-refractivity contribution in [1.29, 1.82) is 0 Å². The average Bonchev–Trinajstić information content (AvgIpc) is 3.30. The van der Waals surface area contributed by atoms with Crippen LogP contribution in [-0.4, -0.2) is 11.9 Å². The van der Waals surface area contributed by atoms with Gasteiger partial charge in [0, 0.05) is 20.2 Å². The standard InChI is InChI=1S/C18H11NO2S2/c20-18-14(19-17(21-18)12-5-2-1-3-6-12)11-13-8-9-16(23-13)15-7-4-10-22-15/h1-11H/b14-11+. The van der Waals surface area contributed by atoms with Gasteiger partial charge in [-0.25, -0.2) is 9.79 Å². The number of benzene rings is 1. The molecule has 0 bridgehead atoms. The van der Waals surface area contributed by atoms with Crippen LogP contribution >= 0.6 is 22.7 Å². The number of ether oxygens (including phenoxy) is 1. The van der Waals surface area contributed by atoms with E-state index in [4.69, 9.17) is 4.74 Å². The van der Waals surface area contributed by atoms with E-state index in [2.05, 4.69) is 22.5 Å². The third kappa shape index (κ3) is 2.88. The zero-order valence-corrected chi connectivity index (χ0v) is 13.6. The van der Waals surface area contributed by atoms with Gasteiger partial charge in [-0.15, -0.1) is 22.7 Å². The predicted octanol–water partition coefficient (Wildman–Crippen LogP) is 4.82. The minimum atomic E-state index is -0.407. The number of esters is 1. The second-order valence-electron chi connectivity index (χ2n) is 4.88. The Morgan fingerprint density at radius 2 is 1.83 bits per heavy atom. The number of carbonyl (C=O) groups is 1. The maximum atomic E-state index is 12.0. The van der Waals surface area contributed by atoms with Crippen LogP contribution in [0.5, 0.6) is 0 Å². The van der Waals surface area contributed by atoms with Crippen LogP contribution in [0.1, 0.15) is 10.4 Å². The number of thiophene rings is 2. The Bertz CT molecular complexity index is 906. The number of carbonyl (C=O) groups excluding carboxylic acids is 1. The largest absolute Gasteiger partial charge is 0.402 e. The first kappa shape index (κ1) is 14.1. The van der Waals surface area contributed by atoms with E-state index in [1.807, 2.05) is 42.5 Å². The van der Waals surface area contributed by atoms with E-state index in [0.717, 1.165) is 10.4 Å². The highest BCUT2D eigenvalue weighted by atomic mass is 32.1. The molecule has 0 atom stereocenters. The van der Waals surface area contributed by atoms with Crippen LogP contribution < -0.4 is 0 Å². The molecule has 0 fully saturated rings. The second kappa shape index (κ2) is 5.95. The highest BCUT2D eigenvalue weighted by Crippen LogP contribution is 2.33. The van der Waals surface area contributed by atoms with Crippen molar-refractivity contribution in [3.63, 3.8) is 0 Å². The molecule has 0 N–H and O–H groups in total. The summed E-state index contributed by atoms with van der Waals surface area (Å²) in [5.74, 6) is -0.0492. The molecule has 3 nitrogen and oxygen atoms in total. The fourth-order valence-corrected chi connectivity index (χ4v) is 4.01. The molecule has 0 amide bonds. The number of hydrogen-bond acceptors (Lipinski definition) is 5. The Morgan fingerprint density at radius 3 is 2.61 bits per heavy atom. The molecule has 23 heavy (non-hydrogen) atoms. The van der Waals surface area contributed by atoms with Gasteiger partial charge >= 0.3 is 5.97 Å². The highest BCUT2D eigenvalue weighted by molar-refractivity contribution is 7.21. The van der Waals surface area contributed by atoms with Gasteiger partial charge in [0.15, 0.2) is 5.70 Å². The number of nitrogens with zero attached hydrogens (tertiary/aromatic N) is 1. The van der Waals surface area contributed by atoms with Crippen molar-refractivity contribution >= 4 is 40.6 Å². The van der Waals surface area contributed by atoms with E-state index in [1.54, 1.807) is 28.7 Å². The van der Waals surface area contributed by atoms with E-state index in [9.17, 15) is 4.79 Å². The predicted molar refractivity (Wildman–Crippen MR) is 94.7 cm³/mol. The molecule has 112 valence electrons. The van der Waals surface area contributed by atoms with E-state index < -0.39 is 5.97 Å². The number of rotatable bonds is 3. The van der Waals surface area contributed by atoms with Crippen molar-refractivity contribution in [1.82, 2.24) is 0 Å². The van der Waals surface area contributed by atoms with Crippen LogP contribution in [0.4, 0.5) is 0 Å². The van der Waals surface area contributed by atoms with E-state index in [0.29, 0.717) is 11.6 Å². The van der Waals surface area contributed by atoms with Crippen molar-refractivity contribution in [2.45, 2.75) is 0 Å². The first-order valence-corrected chi connectivity index (χ1v) is 8.71. The summed E-state index contributed by atoms with van der Waals surface area (Å²) in [5.41, 5.74) is 1.14. The minimum absolute atomic E-state index is 0.337. The molecule has 1 aromatic carbocycles. The van der Waals surface area contributed by atoms with E-state index in [1.165, 1.54) is 9.75 Å². The summed E-state index contributed by atoms with van der Waals surface area (Å²) in [6, 6.07) is 17.6. The zero-order chi connectivity index (χ0) is 15.6. The van der Waals surface area contributed by atoms with Crippen molar-refractivity contribution in [2.75, 3.05) is 0 Å². The summed E-state index contributed by atoms with van der Waals surface area (Å²) < 4.78 is 5.26. The quantitative estimate of drug-likeness (QED) is 0.507. The second-order valence-corrected chi connectivity index (χ2v) is 6.94. The van der Waals surface area contributed by atoms with Gasteiger partial charge in [-0.3, -0.25) is 0 Å². The summed E-state index contributed by atoms with van der Waals surface area (Å²) in [6.45, 7) is 0. The Kier molecular flexibility index (Phi) is 3.65. The van der Waals surface area contributed by atoms with Gasteiger partial charge in [-0.2, -0.15) is 0 Å². The molecule has 5 heteroatoms. The lowest BCUT2D eigenvalue weighted by atomic mass is 10.2. The van der Waals surface area contributed by atoms with Crippen LogP contribution in [0.3, 0.4) is 0 Å². The van der Waals surface area contributed by atoms with Crippen LogP contribution in [0.25, 0.3) is 15.8 Å².